The van der Waals surface area contributed by atoms with Crippen molar-refractivity contribution in [2.75, 3.05) is 26.2 Å². The first-order valence-corrected chi connectivity index (χ1v) is 10.4. The maximum atomic E-state index is 9.21. The number of halogens is 1. The van der Waals surface area contributed by atoms with Crippen LogP contribution >= 0.6 is 35.7 Å². The van der Waals surface area contributed by atoms with Gasteiger partial charge in [0, 0.05) is 29.3 Å². The van der Waals surface area contributed by atoms with Gasteiger partial charge < -0.3 is 15.7 Å². The lowest BCUT2D eigenvalue weighted by molar-refractivity contribution is 0.251. The number of hydrogen-bond donors (Lipinski definition) is 3. The zero-order valence-corrected chi connectivity index (χ0v) is 19.2. The van der Waals surface area contributed by atoms with Gasteiger partial charge in [-0.25, -0.2) is 0 Å². The van der Waals surface area contributed by atoms with E-state index in [1.54, 1.807) is 0 Å². The summed E-state index contributed by atoms with van der Waals surface area (Å²) in [6, 6.07) is 10.6. The van der Waals surface area contributed by atoms with E-state index in [1.807, 2.05) is 11.8 Å². The molecule has 0 aromatic heterocycles. The standard InChI is InChI=1S/C20H33N3OS.HI/c1-3-8-17(11-14-24)15-22-19(21-4-2)23-16-20(12-13-20)25-18-9-6-5-7-10-18;/h5-7,9-10,17,24H,3-4,8,11-16H2,1-2H3,(H2,21,22,23);1H. The van der Waals surface area contributed by atoms with E-state index < -0.39 is 0 Å². The number of nitrogens with one attached hydrogen (secondary N) is 2. The summed E-state index contributed by atoms with van der Waals surface area (Å²) in [5, 5.41) is 16.0. The van der Waals surface area contributed by atoms with Crippen LogP contribution < -0.4 is 10.6 Å². The van der Waals surface area contributed by atoms with Gasteiger partial charge in [0.05, 0.1) is 6.54 Å². The van der Waals surface area contributed by atoms with E-state index in [0.29, 0.717) is 5.92 Å². The predicted octanol–water partition coefficient (Wildman–Crippen LogP) is 4.28. The zero-order chi connectivity index (χ0) is 18.0. The van der Waals surface area contributed by atoms with Crippen molar-refractivity contribution < 1.29 is 5.11 Å². The summed E-state index contributed by atoms with van der Waals surface area (Å²) in [7, 11) is 0. The highest BCUT2D eigenvalue weighted by Gasteiger charge is 2.43. The minimum Gasteiger partial charge on any atom is -0.396 e. The van der Waals surface area contributed by atoms with Gasteiger partial charge in [-0.05, 0) is 50.7 Å². The molecule has 3 N–H and O–H groups in total. The second kappa shape index (κ2) is 12.8. The lowest BCUT2D eigenvalue weighted by Gasteiger charge is -2.19. The van der Waals surface area contributed by atoms with Gasteiger partial charge in [-0.2, -0.15) is 0 Å². The zero-order valence-electron chi connectivity index (χ0n) is 16.0. The average molecular weight is 491 g/mol. The van der Waals surface area contributed by atoms with E-state index in [4.69, 9.17) is 4.99 Å². The number of thioether (sulfide) groups is 1. The highest BCUT2D eigenvalue weighted by Crippen LogP contribution is 2.51. The number of aliphatic imine (C=N–C) groups is 1. The smallest absolute Gasteiger partial charge is 0.191 e. The van der Waals surface area contributed by atoms with Crippen molar-refractivity contribution in [3.63, 3.8) is 0 Å². The lowest BCUT2D eigenvalue weighted by Crippen LogP contribution is -2.40. The summed E-state index contributed by atoms with van der Waals surface area (Å²) in [5.74, 6) is 1.41. The number of guanidine groups is 1. The fourth-order valence-corrected chi connectivity index (χ4v) is 4.14. The Hall–Kier alpha value is -0.470. The third-order valence-corrected chi connectivity index (χ3v) is 6.03. The molecular weight excluding hydrogens is 457 g/mol. The first kappa shape index (κ1) is 23.6. The van der Waals surface area contributed by atoms with Crippen LogP contribution in [-0.2, 0) is 0 Å². The number of aliphatic hydroxyl groups is 1. The Bertz CT molecular complexity index is 517. The van der Waals surface area contributed by atoms with Gasteiger partial charge in [0.2, 0.25) is 0 Å². The Balaban J connectivity index is 0.00000338. The fourth-order valence-electron chi connectivity index (χ4n) is 2.92. The van der Waals surface area contributed by atoms with Crippen LogP contribution in [0.2, 0.25) is 0 Å². The molecule has 0 bridgehead atoms. The van der Waals surface area contributed by atoms with Gasteiger partial charge in [0.15, 0.2) is 5.96 Å². The van der Waals surface area contributed by atoms with Crippen molar-refractivity contribution in [3.05, 3.63) is 30.3 Å². The molecule has 2 rings (SSSR count). The Kier molecular flexibility index (Phi) is 11.6. The molecule has 0 spiro atoms. The first-order valence-electron chi connectivity index (χ1n) is 9.58. The molecule has 1 atom stereocenters. The number of nitrogens with zero attached hydrogens (tertiary/aromatic N) is 1. The molecule has 0 aliphatic heterocycles. The van der Waals surface area contributed by atoms with Crippen molar-refractivity contribution >= 4 is 41.7 Å². The van der Waals surface area contributed by atoms with Crippen LogP contribution in [-0.4, -0.2) is 42.1 Å². The molecule has 0 heterocycles. The molecule has 6 heteroatoms. The van der Waals surface area contributed by atoms with Gasteiger partial charge in [-0.3, -0.25) is 4.99 Å². The normalized spacial score (nSPS) is 16.5. The summed E-state index contributed by atoms with van der Waals surface area (Å²) in [5.41, 5.74) is 0. The van der Waals surface area contributed by atoms with Crippen LogP contribution in [0.3, 0.4) is 0 Å². The largest absolute Gasteiger partial charge is 0.396 e. The first-order chi connectivity index (χ1) is 12.2. The molecule has 1 saturated carbocycles. The Morgan fingerprint density at radius 3 is 2.50 bits per heavy atom. The molecule has 1 aliphatic rings. The van der Waals surface area contributed by atoms with Gasteiger partial charge in [0.1, 0.15) is 0 Å². The predicted molar refractivity (Wildman–Crippen MR) is 124 cm³/mol. The van der Waals surface area contributed by atoms with E-state index in [1.165, 1.54) is 17.7 Å². The third-order valence-electron chi connectivity index (χ3n) is 4.55. The molecule has 0 saturated heterocycles. The van der Waals surface area contributed by atoms with E-state index in [-0.39, 0.29) is 35.3 Å². The number of benzene rings is 1. The molecule has 0 amide bonds. The molecule has 26 heavy (non-hydrogen) atoms. The van der Waals surface area contributed by atoms with Gasteiger partial charge in [0.25, 0.3) is 0 Å². The fraction of sp³-hybridized carbons (Fsp3) is 0.650. The van der Waals surface area contributed by atoms with Crippen LogP contribution in [0.25, 0.3) is 0 Å². The molecule has 0 radical (unpaired) electrons. The molecule has 148 valence electrons. The van der Waals surface area contributed by atoms with E-state index in [0.717, 1.165) is 44.9 Å². The van der Waals surface area contributed by atoms with Crippen molar-refractivity contribution in [2.24, 2.45) is 10.9 Å². The summed E-state index contributed by atoms with van der Waals surface area (Å²) in [6.07, 6.45) is 5.61. The number of hydrogen-bond acceptors (Lipinski definition) is 3. The maximum Gasteiger partial charge on any atom is 0.191 e. The highest BCUT2D eigenvalue weighted by molar-refractivity contribution is 14.0. The van der Waals surface area contributed by atoms with Gasteiger partial charge in [-0.15, -0.1) is 35.7 Å². The molecule has 1 aromatic carbocycles. The maximum absolute atomic E-state index is 9.21. The summed E-state index contributed by atoms with van der Waals surface area (Å²) in [4.78, 5) is 6.18. The van der Waals surface area contributed by atoms with Crippen molar-refractivity contribution in [3.8, 4) is 0 Å². The highest BCUT2D eigenvalue weighted by atomic mass is 127. The van der Waals surface area contributed by atoms with Crippen LogP contribution in [0.4, 0.5) is 0 Å². The molecule has 1 unspecified atom stereocenters. The number of rotatable bonds is 11. The second-order valence-corrected chi connectivity index (χ2v) is 8.38. The van der Waals surface area contributed by atoms with E-state index >= 15 is 0 Å². The number of aliphatic hydroxyl groups excluding tert-OH is 1. The Labute approximate surface area is 180 Å². The monoisotopic (exact) mass is 491 g/mol. The Morgan fingerprint density at radius 1 is 1.19 bits per heavy atom. The minimum absolute atomic E-state index is 0. The summed E-state index contributed by atoms with van der Waals surface area (Å²) >= 11 is 1.96. The summed E-state index contributed by atoms with van der Waals surface area (Å²) < 4.78 is 0.275. The van der Waals surface area contributed by atoms with Crippen molar-refractivity contribution in [2.45, 2.75) is 55.6 Å². The van der Waals surface area contributed by atoms with E-state index in [2.05, 4.69) is 54.8 Å². The van der Waals surface area contributed by atoms with Crippen LogP contribution in [0.15, 0.2) is 40.2 Å². The van der Waals surface area contributed by atoms with Crippen molar-refractivity contribution in [1.82, 2.24) is 10.6 Å². The quantitative estimate of drug-likeness (QED) is 0.246. The SMILES string of the molecule is CCCC(CCO)CNC(=NCC1(Sc2ccccc2)CC1)NCC.I. The van der Waals surface area contributed by atoms with E-state index in [9.17, 15) is 5.11 Å². The molecule has 1 fully saturated rings. The molecule has 4 nitrogen and oxygen atoms in total. The summed E-state index contributed by atoms with van der Waals surface area (Å²) in [6.45, 7) is 7.14. The average Bonchev–Trinajstić information content (AvgIpc) is 3.38. The molecule has 1 aliphatic carbocycles. The topological polar surface area (TPSA) is 56.6 Å². The van der Waals surface area contributed by atoms with Crippen LogP contribution in [0.1, 0.15) is 46.0 Å². The van der Waals surface area contributed by atoms with Crippen molar-refractivity contribution in [1.29, 1.82) is 0 Å². The van der Waals surface area contributed by atoms with Gasteiger partial charge in [-0.1, -0.05) is 31.5 Å². The molecule has 1 aromatic rings. The van der Waals surface area contributed by atoms with Crippen LogP contribution in [0.5, 0.6) is 0 Å². The minimum atomic E-state index is 0. The third kappa shape index (κ3) is 8.48. The second-order valence-electron chi connectivity index (χ2n) is 6.84. The molecular formula is C20H34IN3OS. The van der Waals surface area contributed by atoms with Crippen LogP contribution in [0, 0.1) is 5.92 Å². The lowest BCUT2D eigenvalue weighted by atomic mass is 10.0. The Morgan fingerprint density at radius 2 is 1.92 bits per heavy atom. The van der Waals surface area contributed by atoms with Gasteiger partial charge >= 0.3 is 0 Å².